The van der Waals surface area contributed by atoms with E-state index in [-0.39, 0.29) is 0 Å². The number of rotatable bonds is 3. The highest BCUT2D eigenvalue weighted by molar-refractivity contribution is 6.34. The zero-order chi connectivity index (χ0) is 11.1. The van der Waals surface area contributed by atoms with Gasteiger partial charge in [-0.15, -0.1) is 0 Å². The molecule has 3 rings (SSSR count). The van der Waals surface area contributed by atoms with Gasteiger partial charge in [0.2, 0.25) is 0 Å². The SMILES string of the molecule is OC(CC1CC1)c1cc2cccc(Cl)c2o1. The molecule has 0 radical (unpaired) electrons. The van der Waals surface area contributed by atoms with Crippen molar-refractivity contribution in [2.24, 2.45) is 5.92 Å². The van der Waals surface area contributed by atoms with Crippen molar-refractivity contribution in [1.29, 1.82) is 0 Å². The molecule has 1 N–H and O–H groups in total. The molecular formula is C13H13ClO2. The van der Waals surface area contributed by atoms with Crippen LogP contribution in [0.3, 0.4) is 0 Å². The van der Waals surface area contributed by atoms with E-state index in [0.717, 1.165) is 11.8 Å². The normalized spacial score (nSPS) is 17.9. The summed E-state index contributed by atoms with van der Waals surface area (Å²) in [6, 6.07) is 7.51. The molecule has 1 aliphatic rings. The van der Waals surface area contributed by atoms with Crippen molar-refractivity contribution in [3.05, 3.63) is 35.0 Å². The summed E-state index contributed by atoms with van der Waals surface area (Å²) in [6.07, 6.45) is 2.78. The Morgan fingerprint density at radius 2 is 2.25 bits per heavy atom. The molecule has 1 fully saturated rings. The second kappa shape index (κ2) is 3.79. The summed E-state index contributed by atoms with van der Waals surface area (Å²) in [6.45, 7) is 0. The number of aliphatic hydroxyl groups excluding tert-OH is 1. The van der Waals surface area contributed by atoms with E-state index in [9.17, 15) is 5.11 Å². The molecule has 0 aliphatic heterocycles. The highest BCUT2D eigenvalue weighted by Crippen LogP contribution is 2.39. The quantitative estimate of drug-likeness (QED) is 0.876. The van der Waals surface area contributed by atoms with Crippen molar-refractivity contribution in [3.63, 3.8) is 0 Å². The Kier molecular flexibility index (Phi) is 2.41. The molecule has 2 aromatic rings. The van der Waals surface area contributed by atoms with Gasteiger partial charge in [0.05, 0.1) is 5.02 Å². The van der Waals surface area contributed by atoms with E-state index in [2.05, 4.69) is 0 Å². The zero-order valence-corrected chi connectivity index (χ0v) is 9.57. The monoisotopic (exact) mass is 236 g/mol. The molecule has 0 bridgehead atoms. The van der Waals surface area contributed by atoms with Gasteiger partial charge in [-0.1, -0.05) is 36.6 Å². The smallest absolute Gasteiger partial charge is 0.152 e. The number of fused-ring (bicyclic) bond motifs is 1. The van der Waals surface area contributed by atoms with Gasteiger partial charge < -0.3 is 9.52 Å². The molecule has 1 saturated carbocycles. The van der Waals surface area contributed by atoms with E-state index in [1.165, 1.54) is 12.8 Å². The van der Waals surface area contributed by atoms with Gasteiger partial charge in [-0.25, -0.2) is 0 Å². The highest BCUT2D eigenvalue weighted by atomic mass is 35.5. The van der Waals surface area contributed by atoms with E-state index in [1.54, 1.807) is 6.07 Å². The summed E-state index contributed by atoms with van der Waals surface area (Å²) >= 11 is 6.02. The van der Waals surface area contributed by atoms with Gasteiger partial charge in [-0.05, 0) is 24.5 Å². The molecule has 0 saturated heterocycles. The fourth-order valence-electron chi connectivity index (χ4n) is 2.00. The van der Waals surface area contributed by atoms with E-state index in [0.29, 0.717) is 22.3 Å². The number of para-hydroxylation sites is 1. The number of furan rings is 1. The molecule has 84 valence electrons. The second-order valence-corrected chi connectivity index (χ2v) is 4.91. The number of aliphatic hydroxyl groups is 1. The lowest BCUT2D eigenvalue weighted by atomic mass is 10.1. The molecule has 1 aliphatic carbocycles. The molecule has 2 nitrogen and oxygen atoms in total. The standard InChI is InChI=1S/C13H13ClO2/c14-10-3-1-2-9-7-12(16-13(9)10)11(15)6-8-4-5-8/h1-3,7-8,11,15H,4-6H2. The van der Waals surface area contributed by atoms with E-state index < -0.39 is 6.10 Å². The van der Waals surface area contributed by atoms with Crippen LogP contribution in [0.15, 0.2) is 28.7 Å². The molecule has 3 heteroatoms. The molecule has 0 amide bonds. The predicted molar refractivity (Wildman–Crippen MR) is 63.5 cm³/mol. The summed E-state index contributed by atoms with van der Waals surface area (Å²) in [4.78, 5) is 0. The first kappa shape index (κ1) is 10.2. The van der Waals surface area contributed by atoms with Crippen molar-refractivity contribution in [1.82, 2.24) is 0 Å². The lowest BCUT2D eigenvalue weighted by molar-refractivity contribution is 0.136. The Balaban J connectivity index is 1.94. The van der Waals surface area contributed by atoms with Crippen molar-refractivity contribution < 1.29 is 9.52 Å². The Hall–Kier alpha value is -0.990. The highest BCUT2D eigenvalue weighted by Gasteiger charge is 2.26. The number of halogens is 1. The Morgan fingerprint density at radius 1 is 1.44 bits per heavy atom. The summed E-state index contributed by atoms with van der Waals surface area (Å²) in [5.41, 5.74) is 0.675. The van der Waals surface area contributed by atoms with E-state index >= 15 is 0 Å². The van der Waals surface area contributed by atoms with Crippen molar-refractivity contribution >= 4 is 22.6 Å². The fraction of sp³-hybridized carbons (Fsp3) is 0.385. The molecule has 1 heterocycles. The van der Waals surface area contributed by atoms with Crippen LogP contribution in [0.5, 0.6) is 0 Å². The lowest BCUT2D eigenvalue weighted by Crippen LogP contribution is -1.95. The Morgan fingerprint density at radius 3 is 2.94 bits per heavy atom. The molecule has 1 unspecified atom stereocenters. The maximum Gasteiger partial charge on any atom is 0.152 e. The molecule has 1 aromatic carbocycles. The summed E-state index contributed by atoms with van der Waals surface area (Å²) < 4.78 is 5.61. The van der Waals surface area contributed by atoms with Gasteiger partial charge >= 0.3 is 0 Å². The van der Waals surface area contributed by atoms with Gasteiger partial charge in [0.25, 0.3) is 0 Å². The fourth-order valence-corrected chi connectivity index (χ4v) is 2.22. The van der Waals surface area contributed by atoms with Gasteiger partial charge in [-0.3, -0.25) is 0 Å². The van der Waals surface area contributed by atoms with Crippen LogP contribution in [-0.4, -0.2) is 5.11 Å². The first-order valence-electron chi connectivity index (χ1n) is 5.60. The van der Waals surface area contributed by atoms with Gasteiger partial charge in [0.15, 0.2) is 5.58 Å². The number of hydrogen-bond donors (Lipinski definition) is 1. The topological polar surface area (TPSA) is 33.4 Å². The minimum Gasteiger partial charge on any atom is -0.457 e. The minimum atomic E-state index is -0.490. The summed E-state index contributed by atoms with van der Waals surface area (Å²) in [7, 11) is 0. The summed E-state index contributed by atoms with van der Waals surface area (Å²) in [5, 5.41) is 11.5. The molecule has 1 atom stereocenters. The predicted octanol–water partition coefficient (Wildman–Crippen LogP) is 3.92. The van der Waals surface area contributed by atoms with Gasteiger partial charge in [-0.2, -0.15) is 0 Å². The maximum atomic E-state index is 9.99. The van der Waals surface area contributed by atoms with Crippen LogP contribution in [0.2, 0.25) is 5.02 Å². The second-order valence-electron chi connectivity index (χ2n) is 4.50. The third-order valence-corrected chi connectivity index (χ3v) is 3.39. The minimum absolute atomic E-state index is 0.490. The van der Waals surface area contributed by atoms with Gasteiger partial charge in [0, 0.05) is 5.39 Å². The molecule has 0 spiro atoms. The first-order valence-corrected chi connectivity index (χ1v) is 5.98. The van der Waals surface area contributed by atoms with Crippen molar-refractivity contribution in [2.75, 3.05) is 0 Å². The average Bonchev–Trinajstić information content (AvgIpc) is 2.95. The van der Waals surface area contributed by atoms with E-state index in [4.69, 9.17) is 16.0 Å². The molecule has 16 heavy (non-hydrogen) atoms. The van der Waals surface area contributed by atoms with Crippen molar-refractivity contribution in [2.45, 2.75) is 25.4 Å². The van der Waals surface area contributed by atoms with Crippen LogP contribution in [0.4, 0.5) is 0 Å². The molecular weight excluding hydrogens is 224 g/mol. The molecule has 1 aromatic heterocycles. The van der Waals surface area contributed by atoms with Crippen LogP contribution < -0.4 is 0 Å². The van der Waals surface area contributed by atoms with Crippen LogP contribution in [0, 0.1) is 5.92 Å². The largest absolute Gasteiger partial charge is 0.457 e. The Labute approximate surface area is 98.8 Å². The van der Waals surface area contributed by atoms with Crippen LogP contribution in [0.1, 0.15) is 31.1 Å². The summed E-state index contributed by atoms with van der Waals surface area (Å²) in [5.74, 6) is 1.31. The van der Waals surface area contributed by atoms with Gasteiger partial charge in [0.1, 0.15) is 11.9 Å². The van der Waals surface area contributed by atoms with Crippen LogP contribution in [-0.2, 0) is 0 Å². The number of benzene rings is 1. The third-order valence-electron chi connectivity index (χ3n) is 3.10. The third kappa shape index (κ3) is 1.83. The maximum absolute atomic E-state index is 9.99. The zero-order valence-electron chi connectivity index (χ0n) is 8.82. The first-order chi connectivity index (χ1) is 7.74. The average molecular weight is 237 g/mol. The number of hydrogen-bond acceptors (Lipinski definition) is 2. The van der Waals surface area contributed by atoms with Crippen molar-refractivity contribution in [3.8, 4) is 0 Å². The lowest BCUT2D eigenvalue weighted by Gasteiger charge is -2.04. The van der Waals surface area contributed by atoms with E-state index in [1.807, 2.05) is 18.2 Å². The van der Waals surface area contributed by atoms with Crippen LogP contribution in [0.25, 0.3) is 11.0 Å². The van der Waals surface area contributed by atoms with Crippen LogP contribution >= 0.6 is 11.6 Å². The Bertz CT molecular complexity index is 514.